The molecule has 0 amide bonds. The zero-order valence-corrected chi connectivity index (χ0v) is 20.7. The standard InChI is InChI=1S/C25H23ClN2O5S/c1-5-33-24(30)21-14(2)27-25-28(22(21)18-13-17(31-3)10-11-19(18)32-4)23(29)20(34-25)12-15-6-8-16(26)9-7-15/h6-13,22H,5H2,1-4H3/b20-12+/t22-/m1/s1. The molecule has 0 bridgehead atoms. The second-order valence-corrected chi connectivity index (χ2v) is 8.91. The van der Waals surface area contributed by atoms with Gasteiger partial charge in [-0.1, -0.05) is 35.1 Å². The summed E-state index contributed by atoms with van der Waals surface area (Å²) in [5, 5.41) is 0.610. The fourth-order valence-corrected chi connectivity index (χ4v) is 5.02. The highest BCUT2D eigenvalue weighted by atomic mass is 35.5. The normalized spacial score (nSPS) is 15.6. The summed E-state index contributed by atoms with van der Waals surface area (Å²) in [6, 6.07) is 11.7. The summed E-state index contributed by atoms with van der Waals surface area (Å²) in [7, 11) is 3.09. The molecule has 2 aromatic carbocycles. The molecule has 0 fully saturated rings. The number of allylic oxidation sites excluding steroid dienone is 1. The average Bonchev–Trinajstić information content (AvgIpc) is 3.13. The molecule has 1 aromatic heterocycles. The molecule has 0 radical (unpaired) electrons. The van der Waals surface area contributed by atoms with Crippen LogP contribution in [0, 0.1) is 0 Å². The lowest BCUT2D eigenvalue weighted by Crippen LogP contribution is -2.40. The molecule has 0 unspecified atom stereocenters. The minimum absolute atomic E-state index is 0.193. The van der Waals surface area contributed by atoms with Gasteiger partial charge in [0, 0.05) is 10.6 Å². The Morgan fingerprint density at radius 2 is 1.91 bits per heavy atom. The molecule has 3 aromatic rings. The number of ether oxygens (including phenoxy) is 3. The minimum Gasteiger partial charge on any atom is -0.497 e. The van der Waals surface area contributed by atoms with Crippen LogP contribution in [-0.4, -0.2) is 31.4 Å². The summed E-state index contributed by atoms with van der Waals surface area (Å²) in [5.74, 6) is 0.539. The molecule has 0 spiro atoms. The van der Waals surface area contributed by atoms with E-state index in [1.807, 2.05) is 12.1 Å². The first-order valence-electron chi connectivity index (χ1n) is 10.5. The highest BCUT2D eigenvalue weighted by molar-refractivity contribution is 7.07. The number of nitrogens with zero attached hydrogens (tertiary/aromatic N) is 2. The molecule has 0 aliphatic carbocycles. The smallest absolute Gasteiger partial charge is 0.338 e. The minimum atomic E-state index is -0.798. The number of fused-ring (bicyclic) bond motifs is 1. The molecule has 7 nitrogen and oxygen atoms in total. The summed E-state index contributed by atoms with van der Waals surface area (Å²) >= 11 is 7.24. The van der Waals surface area contributed by atoms with Gasteiger partial charge < -0.3 is 14.2 Å². The van der Waals surface area contributed by atoms with Gasteiger partial charge in [-0.3, -0.25) is 9.36 Å². The maximum absolute atomic E-state index is 13.7. The Morgan fingerprint density at radius 3 is 2.56 bits per heavy atom. The molecule has 1 atom stereocenters. The van der Waals surface area contributed by atoms with Crippen LogP contribution < -0.4 is 24.4 Å². The molecule has 9 heteroatoms. The lowest BCUT2D eigenvalue weighted by molar-refractivity contribution is -0.139. The highest BCUT2D eigenvalue weighted by Crippen LogP contribution is 2.37. The summed E-state index contributed by atoms with van der Waals surface area (Å²) in [5.41, 5.74) is 1.90. The number of thiazole rings is 1. The number of hydrogen-bond acceptors (Lipinski definition) is 7. The van der Waals surface area contributed by atoms with Crippen molar-refractivity contribution in [1.29, 1.82) is 0 Å². The van der Waals surface area contributed by atoms with Crippen molar-refractivity contribution in [3.63, 3.8) is 0 Å². The van der Waals surface area contributed by atoms with Gasteiger partial charge in [0.15, 0.2) is 4.80 Å². The van der Waals surface area contributed by atoms with Crippen molar-refractivity contribution < 1.29 is 19.0 Å². The van der Waals surface area contributed by atoms with E-state index >= 15 is 0 Å². The maximum Gasteiger partial charge on any atom is 0.338 e. The molecule has 0 saturated heterocycles. The summed E-state index contributed by atoms with van der Waals surface area (Å²) in [6.45, 7) is 3.66. The van der Waals surface area contributed by atoms with Gasteiger partial charge in [-0.2, -0.15) is 0 Å². The van der Waals surface area contributed by atoms with Crippen LogP contribution in [-0.2, 0) is 9.53 Å². The molecule has 0 saturated carbocycles. The van der Waals surface area contributed by atoms with Crippen LogP contribution >= 0.6 is 22.9 Å². The van der Waals surface area contributed by atoms with E-state index in [1.54, 1.807) is 57.4 Å². The van der Waals surface area contributed by atoms with Crippen LogP contribution in [0.1, 0.15) is 31.0 Å². The molecule has 176 valence electrons. The lowest BCUT2D eigenvalue weighted by atomic mass is 9.94. The Morgan fingerprint density at radius 1 is 1.18 bits per heavy atom. The SMILES string of the molecule is CCOC(=O)C1=C(C)N=c2s/c(=C/c3ccc(Cl)cc3)c(=O)n2[C@@H]1c1cc(OC)ccc1OC. The zero-order valence-electron chi connectivity index (χ0n) is 19.1. The Labute approximate surface area is 205 Å². The van der Waals surface area contributed by atoms with Crippen molar-refractivity contribution in [3.8, 4) is 11.5 Å². The van der Waals surface area contributed by atoms with Gasteiger partial charge in [0.2, 0.25) is 0 Å². The topological polar surface area (TPSA) is 79.1 Å². The number of hydrogen-bond donors (Lipinski definition) is 0. The molecule has 1 aliphatic heterocycles. The average molecular weight is 499 g/mol. The fourth-order valence-electron chi connectivity index (χ4n) is 3.85. The van der Waals surface area contributed by atoms with Crippen molar-refractivity contribution in [2.75, 3.05) is 20.8 Å². The molecular formula is C25H23ClN2O5S. The maximum atomic E-state index is 13.7. The first-order valence-corrected chi connectivity index (χ1v) is 11.7. The number of rotatable bonds is 6. The summed E-state index contributed by atoms with van der Waals surface area (Å²) in [6.07, 6.45) is 1.78. The monoisotopic (exact) mass is 498 g/mol. The van der Waals surface area contributed by atoms with Gasteiger partial charge in [-0.15, -0.1) is 0 Å². The number of benzene rings is 2. The van der Waals surface area contributed by atoms with Crippen LogP contribution in [0.2, 0.25) is 5.02 Å². The molecule has 2 heterocycles. The molecule has 0 N–H and O–H groups in total. The van der Waals surface area contributed by atoms with Crippen molar-refractivity contribution in [2.24, 2.45) is 4.99 Å². The number of esters is 1. The first-order chi connectivity index (χ1) is 16.4. The van der Waals surface area contributed by atoms with Crippen molar-refractivity contribution >= 4 is 35.0 Å². The van der Waals surface area contributed by atoms with Gasteiger partial charge in [-0.05, 0) is 55.8 Å². The van der Waals surface area contributed by atoms with Crippen molar-refractivity contribution in [2.45, 2.75) is 19.9 Å². The number of halogens is 1. The van der Waals surface area contributed by atoms with E-state index in [9.17, 15) is 9.59 Å². The van der Waals surface area contributed by atoms with E-state index in [0.29, 0.717) is 37.1 Å². The molecule has 4 rings (SSSR count). The second-order valence-electron chi connectivity index (χ2n) is 7.46. The first kappa shape index (κ1) is 23.8. The van der Waals surface area contributed by atoms with Gasteiger partial charge in [-0.25, -0.2) is 9.79 Å². The van der Waals surface area contributed by atoms with E-state index in [4.69, 9.17) is 25.8 Å². The zero-order chi connectivity index (χ0) is 24.4. The number of carbonyl (C=O) groups excluding carboxylic acids is 1. The Kier molecular flexibility index (Phi) is 6.90. The second kappa shape index (κ2) is 9.87. The van der Waals surface area contributed by atoms with Crippen LogP contribution in [0.3, 0.4) is 0 Å². The fraction of sp³-hybridized carbons (Fsp3) is 0.240. The lowest BCUT2D eigenvalue weighted by Gasteiger charge is -2.26. The quantitative estimate of drug-likeness (QED) is 0.486. The van der Waals surface area contributed by atoms with Crippen LogP contribution in [0.5, 0.6) is 11.5 Å². The summed E-state index contributed by atoms with van der Waals surface area (Å²) < 4.78 is 18.3. The predicted molar refractivity (Wildman–Crippen MR) is 131 cm³/mol. The van der Waals surface area contributed by atoms with Crippen LogP contribution in [0.25, 0.3) is 6.08 Å². The Balaban J connectivity index is 2.01. The van der Waals surface area contributed by atoms with E-state index in [0.717, 1.165) is 5.56 Å². The van der Waals surface area contributed by atoms with E-state index < -0.39 is 12.0 Å². The van der Waals surface area contributed by atoms with E-state index in [1.165, 1.54) is 23.0 Å². The van der Waals surface area contributed by atoms with Crippen LogP contribution in [0.15, 0.2) is 63.5 Å². The number of carbonyl (C=O) groups is 1. The largest absolute Gasteiger partial charge is 0.497 e. The Bertz CT molecular complexity index is 1450. The molecular weight excluding hydrogens is 476 g/mol. The number of aromatic nitrogens is 1. The Hall–Kier alpha value is -3.36. The van der Waals surface area contributed by atoms with Gasteiger partial charge in [0.25, 0.3) is 5.56 Å². The third-order valence-electron chi connectivity index (χ3n) is 5.42. The van der Waals surface area contributed by atoms with Gasteiger partial charge >= 0.3 is 5.97 Å². The molecule has 34 heavy (non-hydrogen) atoms. The molecule has 1 aliphatic rings. The van der Waals surface area contributed by atoms with E-state index in [2.05, 4.69) is 4.99 Å². The highest BCUT2D eigenvalue weighted by Gasteiger charge is 2.35. The van der Waals surface area contributed by atoms with Crippen LogP contribution in [0.4, 0.5) is 0 Å². The summed E-state index contributed by atoms with van der Waals surface area (Å²) in [4.78, 5) is 31.8. The van der Waals surface area contributed by atoms with Gasteiger partial charge in [0.1, 0.15) is 17.5 Å². The van der Waals surface area contributed by atoms with Gasteiger partial charge in [0.05, 0.1) is 36.6 Å². The predicted octanol–water partition coefficient (Wildman–Crippen LogP) is 3.47. The van der Waals surface area contributed by atoms with Crippen molar-refractivity contribution in [3.05, 3.63) is 89.6 Å². The number of methoxy groups -OCH3 is 2. The third-order valence-corrected chi connectivity index (χ3v) is 6.65. The van der Waals surface area contributed by atoms with Crippen molar-refractivity contribution in [1.82, 2.24) is 4.57 Å². The third kappa shape index (κ3) is 4.38. The van der Waals surface area contributed by atoms with E-state index in [-0.39, 0.29) is 17.7 Å².